The summed E-state index contributed by atoms with van der Waals surface area (Å²) in [6, 6.07) is 2.15. The summed E-state index contributed by atoms with van der Waals surface area (Å²) >= 11 is 5.84. The average Bonchev–Trinajstić information content (AvgIpc) is 2.77. The molecule has 110 valence electrons. The molecule has 0 aliphatic rings. The first kappa shape index (κ1) is 15.2. The Labute approximate surface area is 121 Å². The zero-order valence-electron chi connectivity index (χ0n) is 11.3. The Morgan fingerprint density at radius 3 is 2.75 bits per heavy atom. The van der Waals surface area contributed by atoms with E-state index >= 15 is 0 Å². The second-order valence-corrected chi connectivity index (χ2v) is 4.89. The second-order valence-electron chi connectivity index (χ2n) is 4.62. The van der Waals surface area contributed by atoms with Gasteiger partial charge in [0.15, 0.2) is 5.82 Å². The third-order valence-corrected chi connectivity index (χ3v) is 3.44. The fourth-order valence-electron chi connectivity index (χ4n) is 2.24. The minimum absolute atomic E-state index is 0.174. The van der Waals surface area contributed by atoms with Crippen molar-refractivity contribution in [2.75, 3.05) is 13.7 Å². The molecule has 0 saturated carbocycles. The molecule has 0 amide bonds. The maximum Gasteiger partial charge on any atom is 0.153 e. The number of unbranched alkanes of at least 4 members (excludes halogenated alkanes) is 2. The Morgan fingerprint density at radius 1 is 1.25 bits per heavy atom. The highest BCUT2D eigenvalue weighted by Crippen LogP contribution is 2.22. The summed E-state index contributed by atoms with van der Waals surface area (Å²) in [5.41, 5.74) is 0.642. The van der Waals surface area contributed by atoms with Crippen LogP contribution in [-0.2, 0) is 17.2 Å². The number of aryl methyl sites for hydroxylation is 1. The predicted octanol–water partition coefficient (Wildman–Crippen LogP) is 3.87. The van der Waals surface area contributed by atoms with Crippen LogP contribution in [0.2, 0.25) is 0 Å². The van der Waals surface area contributed by atoms with Crippen molar-refractivity contribution in [2.24, 2.45) is 0 Å². The Morgan fingerprint density at radius 2 is 2.05 bits per heavy atom. The number of aromatic nitrogens is 2. The lowest BCUT2D eigenvalue weighted by Crippen LogP contribution is -2.03. The van der Waals surface area contributed by atoms with Gasteiger partial charge in [0.05, 0.1) is 11.4 Å². The van der Waals surface area contributed by atoms with Gasteiger partial charge in [0.1, 0.15) is 17.2 Å². The summed E-state index contributed by atoms with van der Waals surface area (Å²) in [4.78, 5) is 4.15. The van der Waals surface area contributed by atoms with E-state index in [0.29, 0.717) is 17.9 Å². The van der Waals surface area contributed by atoms with Gasteiger partial charge in [-0.15, -0.1) is 11.6 Å². The molecule has 2 rings (SSSR count). The summed E-state index contributed by atoms with van der Waals surface area (Å²) in [6.07, 6.45) is 2.83. The number of fused-ring (bicyclic) bond motifs is 1. The number of imidazole rings is 1. The van der Waals surface area contributed by atoms with Crippen molar-refractivity contribution in [3.05, 3.63) is 29.6 Å². The standard InChI is InChI=1S/C14H17ClF2N2O/c1-20-6-4-2-3-5-19-12-8-10(16)7-11(17)14(12)18-13(19)9-15/h7-8H,2-6,9H2,1H3. The van der Waals surface area contributed by atoms with E-state index in [0.717, 1.165) is 31.9 Å². The minimum Gasteiger partial charge on any atom is -0.385 e. The number of methoxy groups -OCH3 is 1. The van der Waals surface area contributed by atoms with Gasteiger partial charge >= 0.3 is 0 Å². The second kappa shape index (κ2) is 6.99. The van der Waals surface area contributed by atoms with Gasteiger partial charge in [-0.2, -0.15) is 0 Å². The number of halogens is 3. The lowest BCUT2D eigenvalue weighted by Gasteiger charge is -2.07. The summed E-state index contributed by atoms with van der Waals surface area (Å²) < 4.78 is 33.8. The highest BCUT2D eigenvalue weighted by atomic mass is 35.5. The van der Waals surface area contributed by atoms with E-state index in [9.17, 15) is 8.78 Å². The zero-order chi connectivity index (χ0) is 14.5. The summed E-state index contributed by atoms with van der Waals surface area (Å²) in [5, 5.41) is 0. The lowest BCUT2D eigenvalue weighted by molar-refractivity contribution is 0.191. The van der Waals surface area contributed by atoms with E-state index in [1.54, 1.807) is 11.7 Å². The molecule has 0 aliphatic heterocycles. The molecule has 0 unspecified atom stereocenters. The van der Waals surface area contributed by atoms with Crippen molar-refractivity contribution in [3.8, 4) is 0 Å². The fraction of sp³-hybridized carbons (Fsp3) is 0.500. The van der Waals surface area contributed by atoms with Crippen molar-refractivity contribution >= 4 is 22.6 Å². The van der Waals surface area contributed by atoms with Crippen LogP contribution < -0.4 is 0 Å². The topological polar surface area (TPSA) is 27.1 Å². The molecule has 3 nitrogen and oxygen atoms in total. The SMILES string of the molecule is COCCCCCn1c(CCl)nc2c(F)cc(F)cc21. The van der Waals surface area contributed by atoms with Crippen molar-refractivity contribution in [1.82, 2.24) is 9.55 Å². The molecule has 20 heavy (non-hydrogen) atoms. The van der Waals surface area contributed by atoms with Gasteiger partial charge in [0.25, 0.3) is 0 Å². The highest BCUT2D eigenvalue weighted by Gasteiger charge is 2.14. The molecular weight excluding hydrogens is 286 g/mol. The van der Waals surface area contributed by atoms with Crippen molar-refractivity contribution in [1.29, 1.82) is 0 Å². The van der Waals surface area contributed by atoms with Gasteiger partial charge in [0, 0.05) is 26.3 Å². The largest absolute Gasteiger partial charge is 0.385 e. The average molecular weight is 303 g/mol. The number of hydrogen-bond acceptors (Lipinski definition) is 2. The maximum absolute atomic E-state index is 13.7. The van der Waals surface area contributed by atoms with Crippen LogP contribution in [0.5, 0.6) is 0 Å². The molecular formula is C14H17ClF2N2O. The summed E-state index contributed by atoms with van der Waals surface area (Å²) in [7, 11) is 1.67. The normalized spacial score (nSPS) is 11.4. The van der Waals surface area contributed by atoms with Crippen LogP contribution in [0.15, 0.2) is 12.1 Å². The molecule has 0 N–H and O–H groups in total. The van der Waals surface area contributed by atoms with Crippen LogP contribution in [-0.4, -0.2) is 23.3 Å². The Bertz CT molecular complexity index is 586. The number of ether oxygens (including phenoxy) is 1. The van der Waals surface area contributed by atoms with Crippen LogP contribution in [0.25, 0.3) is 11.0 Å². The molecule has 6 heteroatoms. The Hall–Kier alpha value is -1.20. The van der Waals surface area contributed by atoms with Gasteiger partial charge < -0.3 is 9.30 Å². The monoisotopic (exact) mass is 302 g/mol. The molecule has 0 atom stereocenters. The first-order valence-corrected chi connectivity index (χ1v) is 7.10. The Balaban J connectivity index is 2.21. The highest BCUT2D eigenvalue weighted by molar-refractivity contribution is 6.16. The van der Waals surface area contributed by atoms with Crippen LogP contribution >= 0.6 is 11.6 Å². The number of hydrogen-bond donors (Lipinski definition) is 0. The van der Waals surface area contributed by atoms with E-state index in [2.05, 4.69) is 4.98 Å². The van der Waals surface area contributed by atoms with E-state index in [-0.39, 0.29) is 11.4 Å². The molecule has 0 bridgehead atoms. The van der Waals surface area contributed by atoms with Gasteiger partial charge in [-0.05, 0) is 25.3 Å². The smallest absolute Gasteiger partial charge is 0.153 e. The van der Waals surface area contributed by atoms with Crippen LogP contribution in [0.3, 0.4) is 0 Å². The third-order valence-electron chi connectivity index (χ3n) is 3.20. The van der Waals surface area contributed by atoms with Gasteiger partial charge in [-0.3, -0.25) is 0 Å². The van der Waals surface area contributed by atoms with E-state index in [1.807, 2.05) is 0 Å². The van der Waals surface area contributed by atoms with Gasteiger partial charge in [-0.25, -0.2) is 13.8 Å². The summed E-state index contributed by atoms with van der Waals surface area (Å²) in [6.45, 7) is 1.36. The molecule has 0 spiro atoms. The molecule has 2 aromatic rings. The lowest BCUT2D eigenvalue weighted by atomic mass is 10.2. The molecule has 1 aromatic heterocycles. The van der Waals surface area contributed by atoms with Crippen LogP contribution in [0, 0.1) is 11.6 Å². The minimum atomic E-state index is -0.649. The summed E-state index contributed by atoms with van der Waals surface area (Å²) in [5.74, 6) is -0.507. The number of nitrogens with zero attached hydrogens (tertiary/aromatic N) is 2. The molecule has 1 heterocycles. The maximum atomic E-state index is 13.7. The fourth-order valence-corrected chi connectivity index (χ4v) is 2.45. The number of benzene rings is 1. The van der Waals surface area contributed by atoms with Crippen LogP contribution in [0.4, 0.5) is 8.78 Å². The van der Waals surface area contributed by atoms with Crippen molar-refractivity contribution < 1.29 is 13.5 Å². The third kappa shape index (κ3) is 3.27. The number of rotatable bonds is 7. The molecule has 0 aliphatic carbocycles. The molecule has 0 radical (unpaired) electrons. The molecule has 0 saturated heterocycles. The predicted molar refractivity (Wildman–Crippen MR) is 74.9 cm³/mol. The first-order valence-electron chi connectivity index (χ1n) is 6.56. The van der Waals surface area contributed by atoms with Crippen molar-refractivity contribution in [2.45, 2.75) is 31.7 Å². The zero-order valence-corrected chi connectivity index (χ0v) is 12.1. The van der Waals surface area contributed by atoms with Crippen molar-refractivity contribution in [3.63, 3.8) is 0 Å². The van der Waals surface area contributed by atoms with Crippen LogP contribution in [0.1, 0.15) is 25.1 Å². The van der Waals surface area contributed by atoms with E-state index in [1.165, 1.54) is 6.07 Å². The number of alkyl halides is 1. The molecule has 1 aromatic carbocycles. The Kier molecular flexibility index (Phi) is 5.31. The first-order chi connectivity index (χ1) is 9.67. The van der Waals surface area contributed by atoms with Gasteiger partial charge in [-0.1, -0.05) is 0 Å². The molecule has 0 fully saturated rings. The van der Waals surface area contributed by atoms with Gasteiger partial charge in [0.2, 0.25) is 0 Å². The van der Waals surface area contributed by atoms with E-state index < -0.39 is 11.6 Å². The van der Waals surface area contributed by atoms with E-state index in [4.69, 9.17) is 16.3 Å². The quantitative estimate of drug-likeness (QED) is 0.573.